The van der Waals surface area contributed by atoms with Crippen molar-refractivity contribution in [3.05, 3.63) is 0 Å². The number of alkyl carbamates (subject to hydrolysis) is 1. The van der Waals surface area contributed by atoms with E-state index in [1.54, 1.807) is 0 Å². The Bertz CT molecular complexity index is 418. The number of fused-ring (bicyclic) bond motifs is 2. The van der Waals surface area contributed by atoms with Crippen LogP contribution < -0.4 is 5.32 Å². The van der Waals surface area contributed by atoms with E-state index in [-0.39, 0.29) is 6.09 Å². The number of ether oxygens (including phenoxy) is 2. The molecule has 2 rings (SSSR count). The van der Waals surface area contributed by atoms with E-state index in [1.165, 1.54) is 96.3 Å². The molecule has 0 aromatic carbocycles. The first-order valence-electron chi connectivity index (χ1n) is 12.9. The summed E-state index contributed by atoms with van der Waals surface area (Å²) in [6.45, 7) is 3.00. The van der Waals surface area contributed by atoms with Gasteiger partial charge in [0.15, 0.2) is 0 Å². The van der Waals surface area contributed by atoms with Gasteiger partial charge in [-0.3, -0.25) is 0 Å². The molecule has 0 unspecified atom stereocenters. The van der Waals surface area contributed by atoms with E-state index in [4.69, 9.17) is 9.47 Å². The zero-order chi connectivity index (χ0) is 20.6. The second kappa shape index (κ2) is 15.1. The van der Waals surface area contributed by atoms with Crippen molar-refractivity contribution in [3.8, 4) is 0 Å². The Morgan fingerprint density at radius 1 is 0.793 bits per heavy atom. The normalized spacial score (nSPS) is 22.9. The summed E-state index contributed by atoms with van der Waals surface area (Å²) < 4.78 is 11.3. The smallest absolute Gasteiger partial charge is 0.409 e. The third kappa shape index (κ3) is 10.7. The molecule has 1 amide bonds. The zero-order valence-electron chi connectivity index (χ0n) is 19.2. The van der Waals surface area contributed by atoms with E-state index < -0.39 is 5.79 Å². The van der Waals surface area contributed by atoms with E-state index in [9.17, 15) is 4.79 Å². The highest BCUT2D eigenvalue weighted by molar-refractivity contribution is 5.67. The molecular formula is C25H47NO3. The van der Waals surface area contributed by atoms with Gasteiger partial charge >= 0.3 is 6.09 Å². The summed E-state index contributed by atoms with van der Waals surface area (Å²) in [6, 6.07) is 0. The average Bonchev–Trinajstić information content (AvgIpc) is 3.30. The van der Waals surface area contributed by atoms with Gasteiger partial charge in [-0.05, 0) is 19.3 Å². The van der Waals surface area contributed by atoms with Gasteiger partial charge < -0.3 is 14.8 Å². The van der Waals surface area contributed by atoms with Crippen molar-refractivity contribution in [2.45, 2.75) is 147 Å². The molecule has 2 aliphatic rings. The Morgan fingerprint density at radius 2 is 1.24 bits per heavy atom. The Kier molecular flexibility index (Phi) is 12.8. The first kappa shape index (κ1) is 24.5. The van der Waals surface area contributed by atoms with E-state index in [0.29, 0.717) is 6.10 Å². The van der Waals surface area contributed by atoms with Crippen molar-refractivity contribution in [2.75, 3.05) is 6.54 Å². The molecule has 0 aromatic rings. The number of hydrogen-bond acceptors (Lipinski definition) is 3. The molecule has 2 heterocycles. The molecule has 29 heavy (non-hydrogen) atoms. The maximum absolute atomic E-state index is 11.9. The van der Waals surface area contributed by atoms with Crippen LogP contribution in [0, 0.1) is 0 Å². The minimum absolute atomic E-state index is 0.298. The number of rotatable bonds is 18. The van der Waals surface area contributed by atoms with Gasteiger partial charge in [0.1, 0.15) is 0 Å². The van der Waals surface area contributed by atoms with Crippen LogP contribution in [0.2, 0.25) is 0 Å². The first-order chi connectivity index (χ1) is 14.2. The maximum Gasteiger partial charge on any atom is 0.409 e. The fourth-order valence-electron chi connectivity index (χ4n) is 4.77. The van der Waals surface area contributed by atoms with Crippen LogP contribution in [0.3, 0.4) is 0 Å². The second-order valence-corrected chi connectivity index (χ2v) is 9.35. The minimum Gasteiger partial charge on any atom is -0.417 e. The van der Waals surface area contributed by atoms with Crippen LogP contribution >= 0.6 is 0 Å². The molecule has 0 aromatic heterocycles. The summed E-state index contributed by atoms with van der Waals surface area (Å²) in [5.41, 5.74) is 0. The fraction of sp³-hybridized carbons (Fsp3) is 0.960. The first-order valence-corrected chi connectivity index (χ1v) is 12.9. The molecule has 170 valence electrons. The van der Waals surface area contributed by atoms with Gasteiger partial charge in [-0.15, -0.1) is 0 Å². The molecule has 4 heteroatoms. The lowest BCUT2D eigenvalue weighted by Gasteiger charge is -2.24. The highest BCUT2D eigenvalue weighted by atomic mass is 16.7. The molecule has 2 saturated heterocycles. The van der Waals surface area contributed by atoms with Crippen molar-refractivity contribution in [3.63, 3.8) is 0 Å². The van der Waals surface area contributed by atoms with Gasteiger partial charge in [0.2, 0.25) is 5.79 Å². The summed E-state index contributed by atoms with van der Waals surface area (Å²) in [4.78, 5) is 11.9. The minimum atomic E-state index is -0.594. The number of carbonyl (C=O) groups excluding carboxylic acids is 1. The number of amides is 1. The van der Waals surface area contributed by atoms with Crippen LogP contribution in [0.1, 0.15) is 135 Å². The van der Waals surface area contributed by atoms with Gasteiger partial charge in [-0.25, -0.2) is 4.79 Å². The van der Waals surface area contributed by atoms with Crippen LogP contribution in [0.5, 0.6) is 0 Å². The predicted octanol–water partition coefficient (Wildman–Crippen LogP) is 7.64. The Hall–Kier alpha value is -0.770. The zero-order valence-corrected chi connectivity index (χ0v) is 19.2. The standard InChI is InChI=1S/C25H47NO3/c1-2-3-4-5-6-7-8-9-10-11-12-13-14-15-16-17-22-26-24(27)29-25-20-18-23(28-25)19-21-25/h23H,2-22H2,1H3,(H,26,27). The van der Waals surface area contributed by atoms with Crippen molar-refractivity contribution >= 4 is 6.09 Å². The lowest BCUT2D eigenvalue weighted by Crippen LogP contribution is -2.37. The highest BCUT2D eigenvalue weighted by Crippen LogP contribution is 2.44. The number of unbranched alkanes of at least 4 members (excludes halogenated alkanes) is 15. The average molecular weight is 410 g/mol. The molecule has 1 N–H and O–H groups in total. The van der Waals surface area contributed by atoms with E-state index in [0.717, 1.165) is 38.6 Å². The molecule has 0 saturated carbocycles. The monoisotopic (exact) mass is 409 g/mol. The van der Waals surface area contributed by atoms with Gasteiger partial charge in [0, 0.05) is 19.4 Å². The van der Waals surface area contributed by atoms with Gasteiger partial charge in [0.05, 0.1) is 6.10 Å². The molecule has 4 nitrogen and oxygen atoms in total. The fourth-order valence-corrected chi connectivity index (χ4v) is 4.77. The third-order valence-electron chi connectivity index (χ3n) is 6.65. The highest BCUT2D eigenvalue weighted by Gasteiger charge is 2.49. The molecule has 0 aliphatic carbocycles. The number of carbonyl (C=O) groups is 1. The van der Waals surface area contributed by atoms with Crippen molar-refractivity contribution in [1.29, 1.82) is 0 Å². The SMILES string of the molecule is CCCCCCCCCCCCCCCCCCNC(=O)OC12CCC(CC1)O2. The van der Waals surface area contributed by atoms with Crippen LogP contribution in [-0.4, -0.2) is 24.5 Å². The molecule has 2 fully saturated rings. The number of nitrogens with one attached hydrogen (secondary N) is 1. The Balaban J connectivity index is 1.26. The summed E-state index contributed by atoms with van der Waals surface area (Å²) in [5.74, 6) is -0.594. The number of hydrogen-bond donors (Lipinski definition) is 1. The molecule has 2 bridgehead atoms. The summed E-state index contributed by atoms with van der Waals surface area (Å²) in [5, 5.41) is 2.90. The van der Waals surface area contributed by atoms with Crippen molar-refractivity contribution in [2.24, 2.45) is 0 Å². The van der Waals surface area contributed by atoms with Crippen LogP contribution in [0.4, 0.5) is 4.79 Å². The van der Waals surface area contributed by atoms with Crippen LogP contribution in [-0.2, 0) is 9.47 Å². The molecule has 0 radical (unpaired) electrons. The lowest BCUT2D eigenvalue weighted by atomic mass is 9.98. The molecule has 0 spiro atoms. The summed E-state index contributed by atoms with van der Waals surface area (Å²) in [6.07, 6.45) is 25.7. The lowest BCUT2D eigenvalue weighted by molar-refractivity contribution is -0.157. The third-order valence-corrected chi connectivity index (χ3v) is 6.65. The van der Waals surface area contributed by atoms with E-state index >= 15 is 0 Å². The van der Waals surface area contributed by atoms with Gasteiger partial charge in [-0.1, -0.05) is 103 Å². The second-order valence-electron chi connectivity index (χ2n) is 9.35. The van der Waals surface area contributed by atoms with Crippen LogP contribution in [0.25, 0.3) is 0 Å². The van der Waals surface area contributed by atoms with Crippen molar-refractivity contribution < 1.29 is 14.3 Å². The predicted molar refractivity (Wildman–Crippen MR) is 120 cm³/mol. The largest absolute Gasteiger partial charge is 0.417 e. The quantitative estimate of drug-likeness (QED) is 0.237. The van der Waals surface area contributed by atoms with Gasteiger partial charge in [-0.2, -0.15) is 0 Å². The molecule has 0 atom stereocenters. The molecular weight excluding hydrogens is 362 g/mol. The Labute approximate surface area is 179 Å². The Morgan fingerprint density at radius 3 is 1.66 bits per heavy atom. The van der Waals surface area contributed by atoms with Gasteiger partial charge in [0.25, 0.3) is 0 Å². The molecule has 2 aliphatic heterocycles. The van der Waals surface area contributed by atoms with Crippen molar-refractivity contribution in [1.82, 2.24) is 5.32 Å². The summed E-state index contributed by atoms with van der Waals surface area (Å²) >= 11 is 0. The maximum atomic E-state index is 11.9. The van der Waals surface area contributed by atoms with Crippen LogP contribution in [0.15, 0.2) is 0 Å². The topological polar surface area (TPSA) is 47.6 Å². The summed E-state index contributed by atoms with van der Waals surface area (Å²) in [7, 11) is 0. The van der Waals surface area contributed by atoms with E-state index in [2.05, 4.69) is 12.2 Å². The van der Waals surface area contributed by atoms with E-state index in [1.807, 2.05) is 0 Å².